The van der Waals surface area contributed by atoms with Crippen LogP contribution in [0.25, 0.3) is 0 Å². The van der Waals surface area contributed by atoms with Crippen molar-refractivity contribution in [3.8, 4) is 5.75 Å². The number of hydrogen-bond donors (Lipinski definition) is 2. The second-order valence-electron chi connectivity index (χ2n) is 3.79. The minimum Gasteiger partial charge on any atom is -0.508 e. The molecule has 0 radical (unpaired) electrons. The highest BCUT2D eigenvalue weighted by Gasteiger charge is 2.06. The summed E-state index contributed by atoms with van der Waals surface area (Å²) in [5.41, 5.74) is 0.751. The van der Waals surface area contributed by atoms with Crippen LogP contribution in [0.2, 0.25) is 5.02 Å². The third-order valence-corrected chi connectivity index (χ3v) is 3.37. The first kappa shape index (κ1) is 13.5. The lowest BCUT2D eigenvalue weighted by molar-refractivity contribution is 0.461. The van der Waals surface area contributed by atoms with E-state index in [0.717, 1.165) is 5.56 Å². The monoisotopic (exact) mass is 261 g/mol. The summed E-state index contributed by atoms with van der Waals surface area (Å²) in [4.78, 5) is 0. The van der Waals surface area contributed by atoms with Crippen molar-refractivity contribution in [1.29, 1.82) is 0 Å². The van der Waals surface area contributed by atoms with Gasteiger partial charge in [0.2, 0.25) is 0 Å². The van der Waals surface area contributed by atoms with Crippen molar-refractivity contribution >= 4 is 22.4 Å². The fourth-order valence-corrected chi connectivity index (χ4v) is 2.41. The lowest BCUT2D eigenvalue weighted by atomic mass is 10.2. The van der Waals surface area contributed by atoms with Crippen molar-refractivity contribution in [2.24, 2.45) is 0 Å². The summed E-state index contributed by atoms with van der Waals surface area (Å²) < 4.78 is 11.0. The third-order valence-electron chi connectivity index (χ3n) is 2.17. The first-order valence-electron chi connectivity index (χ1n) is 5.00. The zero-order chi connectivity index (χ0) is 12.1. The van der Waals surface area contributed by atoms with Crippen LogP contribution in [0.4, 0.5) is 0 Å². The first-order chi connectivity index (χ1) is 7.49. The number of benzene rings is 1. The van der Waals surface area contributed by atoms with Crippen LogP contribution in [0, 0.1) is 0 Å². The Labute approximate surface area is 103 Å². The lowest BCUT2D eigenvalue weighted by Gasteiger charge is -2.13. The maximum absolute atomic E-state index is 11.0. The van der Waals surface area contributed by atoms with Crippen LogP contribution in [-0.4, -0.2) is 27.4 Å². The highest BCUT2D eigenvalue weighted by molar-refractivity contribution is 7.84. The van der Waals surface area contributed by atoms with Crippen LogP contribution >= 0.6 is 11.6 Å². The highest BCUT2D eigenvalue weighted by atomic mass is 35.5. The molecule has 0 aliphatic heterocycles. The van der Waals surface area contributed by atoms with Crippen LogP contribution in [0.1, 0.15) is 12.5 Å². The van der Waals surface area contributed by atoms with Gasteiger partial charge in [-0.05, 0) is 25.1 Å². The van der Waals surface area contributed by atoms with Gasteiger partial charge >= 0.3 is 0 Å². The van der Waals surface area contributed by atoms with Gasteiger partial charge in [0.15, 0.2) is 0 Å². The molecule has 5 heteroatoms. The van der Waals surface area contributed by atoms with Crippen LogP contribution in [0.5, 0.6) is 5.75 Å². The molecule has 1 aromatic carbocycles. The minimum absolute atomic E-state index is 0.143. The Morgan fingerprint density at radius 1 is 1.56 bits per heavy atom. The number of aromatic hydroxyl groups is 1. The second kappa shape index (κ2) is 6.23. The maximum atomic E-state index is 11.0. The molecule has 0 spiro atoms. The average molecular weight is 262 g/mol. The van der Waals surface area contributed by atoms with E-state index in [4.69, 9.17) is 11.6 Å². The summed E-state index contributed by atoms with van der Waals surface area (Å²) in [7, 11) is -0.814. The zero-order valence-corrected chi connectivity index (χ0v) is 10.9. The molecule has 0 bridgehead atoms. The Bertz CT molecular complexity index is 384. The SMILES string of the molecule is CC(CS(C)=O)NCc1cc(Cl)ccc1O. The predicted molar refractivity (Wildman–Crippen MR) is 68.4 cm³/mol. The molecule has 0 aliphatic rings. The normalized spacial score (nSPS) is 14.7. The van der Waals surface area contributed by atoms with Crippen LogP contribution in [0.15, 0.2) is 18.2 Å². The quantitative estimate of drug-likeness (QED) is 0.851. The predicted octanol–water partition coefficient (Wildman–Crippen LogP) is 1.90. The molecule has 90 valence electrons. The van der Waals surface area contributed by atoms with E-state index in [0.29, 0.717) is 17.3 Å². The van der Waals surface area contributed by atoms with Crippen molar-refractivity contribution in [3.05, 3.63) is 28.8 Å². The molecule has 2 N–H and O–H groups in total. The van der Waals surface area contributed by atoms with Gasteiger partial charge in [-0.2, -0.15) is 0 Å². The van der Waals surface area contributed by atoms with E-state index in [9.17, 15) is 9.32 Å². The Morgan fingerprint density at radius 3 is 2.88 bits per heavy atom. The van der Waals surface area contributed by atoms with Crippen LogP contribution in [0.3, 0.4) is 0 Å². The summed E-state index contributed by atoms with van der Waals surface area (Å²) >= 11 is 5.83. The number of hydrogen-bond acceptors (Lipinski definition) is 3. The Balaban J connectivity index is 2.54. The van der Waals surface area contributed by atoms with Gasteiger partial charge in [-0.25, -0.2) is 0 Å². The van der Waals surface area contributed by atoms with Gasteiger partial charge in [0.05, 0.1) is 0 Å². The highest BCUT2D eigenvalue weighted by Crippen LogP contribution is 2.21. The van der Waals surface area contributed by atoms with Crippen LogP contribution in [-0.2, 0) is 17.3 Å². The molecule has 1 rings (SSSR count). The lowest BCUT2D eigenvalue weighted by Crippen LogP contribution is -2.30. The van der Waals surface area contributed by atoms with Gasteiger partial charge in [-0.1, -0.05) is 11.6 Å². The molecule has 0 saturated carbocycles. The summed E-state index contributed by atoms with van der Waals surface area (Å²) in [5, 5.41) is 13.4. The van der Waals surface area contributed by atoms with Gasteiger partial charge < -0.3 is 10.4 Å². The molecule has 0 aliphatic carbocycles. The van der Waals surface area contributed by atoms with Crippen molar-refractivity contribution in [2.45, 2.75) is 19.5 Å². The van der Waals surface area contributed by atoms with Crippen molar-refractivity contribution in [2.75, 3.05) is 12.0 Å². The maximum Gasteiger partial charge on any atom is 0.120 e. The largest absolute Gasteiger partial charge is 0.508 e. The van der Waals surface area contributed by atoms with Gasteiger partial charge in [-0.15, -0.1) is 0 Å². The Morgan fingerprint density at radius 2 is 2.25 bits per heavy atom. The van der Waals surface area contributed by atoms with E-state index in [1.807, 2.05) is 6.92 Å². The summed E-state index contributed by atoms with van der Waals surface area (Å²) in [6.45, 7) is 2.48. The van der Waals surface area contributed by atoms with E-state index in [1.54, 1.807) is 24.5 Å². The number of phenols is 1. The van der Waals surface area contributed by atoms with Gasteiger partial charge in [0.25, 0.3) is 0 Å². The second-order valence-corrected chi connectivity index (χ2v) is 5.71. The molecule has 16 heavy (non-hydrogen) atoms. The third kappa shape index (κ3) is 4.51. The van der Waals surface area contributed by atoms with Crippen LogP contribution < -0.4 is 5.32 Å². The number of rotatable bonds is 5. The molecule has 0 amide bonds. The number of phenolic OH excluding ortho intramolecular Hbond substituents is 1. The standard InChI is InChI=1S/C11H16ClNO2S/c1-8(7-16(2)15)13-6-9-5-10(12)3-4-11(9)14/h3-5,8,13-14H,6-7H2,1-2H3. The molecule has 2 atom stereocenters. The fraction of sp³-hybridized carbons (Fsp3) is 0.455. The van der Waals surface area contributed by atoms with Gasteiger partial charge in [0, 0.05) is 46.0 Å². The van der Waals surface area contributed by atoms with E-state index in [1.165, 1.54) is 0 Å². The van der Waals surface area contributed by atoms with Gasteiger partial charge in [-0.3, -0.25) is 4.21 Å². The molecule has 0 saturated heterocycles. The molecule has 3 nitrogen and oxygen atoms in total. The average Bonchev–Trinajstić information content (AvgIpc) is 2.18. The van der Waals surface area contributed by atoms with E-state index >= 15 is 0 Å². The van der Waals surface area contributed by atoms with Crippen molar-refractivity contribution in [3.63, 3.8) is 0 Å². The number of halogens is 1. The minimum atomic E-state index is -0.814. The molecule has 1 aromatic rings. The molecular weight excluding hydrogens is 246 g/mol. The number of nitrogens with one attached hydrogen (secondary N) is 1. The zero-order valence-electron chi connectivity index (χ0n) is 9.37. The van der Waals surface area contributed by atoms with E-state index in [2.05, 4.69) is 5.32 Å². The Kier molecular flexibility index (Phi) is 5.25. The van der Waals surface area contributed by atoms with E-state index < -0.39 is 10.8 Å². The molecule has 2 unspecified atom stereocenters. The van der Waals surface area contributed by atoms with E-state index in [-0.39, 0.29) is 11.8 Å². The molecule has 0 fully saturated rings. The smallest absolute Gasteiger partial charge is 0.120 e. The first-order valence-corrected chi connectivity index (χ1v) is 7.10. The Hall–Kier alpha value is -0.580. The van der Waals surface area contributed by atoms with Gasteiger partial charge in [0.1, 0.15) is 5.75 Å². The fourth-order valence-electron chi connectivity index (χ4n) is 1.39. The topological polar surface area (TPSA) is 49.3 Å². The summed E-state index contributed by atoms with van der Waals surface area (Å²) in [6.07, 6.45) is 1.68. The molecule has 0 aromatic heterocycles. The summed E-state index contributed by atoms with van der Waals surface area (Å²) in [5.74, 6) is 0.822. The summed E-state index contributed by atoms with van der Waals surface area (Å²) in [6, 6.07) is 5.08. The van der Waals surface area contributed by atoms with Crippen molar-refractivity contribution < 1.29 is 9.32 Å². The molecule has 0 heterocycles. The van der Waals surface area contributed by atoms with Crippen molar-refractivity contribution in [1.82, 2.24) is 5.32 Å². The molecular formula is C11H16ClNO2S.